The molecule has 23 heavy (non-hydrogen) atoms. The van der Waals surface area contributed by atoms with E-state index in [0.29, 0.717) is 34.2 Å². The Morgan fingerprint density at radius 3 is 1.91 bits per heavy atom. The summed E-state index contributed by atoms with van der Waals surface area (Å²) in [4.78, 5) is 12.5. The molecule has 122 valence electrons. The Labute approximate surface area is 134 Å². The Kier molecular flexibility index (Phi) is 5.30. The van der Waals surface area contributed by atoms with E-state index in [0.717, 1.165) is 0 Å². The molecule has 0 aliphatic heterocycles. The third-order valence-corrected chi connectivity index (χ3v) is 3.27. The summed E-state index contributed by atoms with van der Waals surface area (Å²) in [6.45, 7) is 0. The number of hydrogen-bond donors (Lipinski definition) is 1. The van der Waals surface area contributed by atoms with Gasteiger partial charge in [0.05, 0.1) is 34.1 Å². The van der Waals surface area contributed by atoms with Crippen molar-refractivity contribution in [2.75, 3.05) is 33.8 Å². The van der Waals surface area contributed by atoms with Crippen molar-refractivity contribution in [3.8, 4) is 23.0 Å². The number of benzene rings is 2. The van der Waals surface area contributed by atoms with E-state index >= 15 is 0 Å². The maximum Gasteiger partial charge on any atom is 0.256 e. The van der Waals surface area contributed by atoms with E-state index in [1.807, 2.05) is 0 Å². The smallest absolute Gasteiger partial charge is 0.256 e. The van der Waals surface area contributed by atoms with Crippen LogP contribution in [0.3, 0.4) is 0 Å². The van der Waals surface area contributed by atoms with Crippen LogP contribution in [0.1, 0.15) is 10.4 Å². The van der Waals surface area contributed by atoms with E-state index in [-0.39, 0.29) is 5.91 Å². The Morgan fingerprint density at radius 1 is 0.783 bits per heavy atom. The van der Waals surface area contributed by atoms with E-state index in [1.54, 1.807) is 43.5 Å². The van der Waals surface area contributed by atoms with Crippen molar-refractivity contribution >= 4 is 11.6 Å². The molecule has 6 heteroatoms. The molecular formula is C17H19NO5. The molecule has 0 atom stereocenters. The number of amides is 1. The zero-order valence-electron chi connectivity index (χ0n) is 13.5. The van der Waals surface area contributed by atoms with Gasteiger partial charge in [-0.25, -0.2) is 0 Å². The molecule has 0 unspecified atom stereocenters. The summed E-state index contributed by atoms with van der Waals surface area (Å²) in [5.41, 5.74) is 0.958. The normalized spacial score (nSPS) is 9.91. The van der Waals surface area contributed by atoms with Crippen molar-refractivity contribution in [2.24, 2.45) is 0 Å². The van der Waals surface area contributed by atoms with Crippen LogP contribution in [0, 0.1) is 0 Å². The average molecular weight is 317 g/mol. The predicted octanol–water partition coefficient (Wildman–Crippen LogP) is 2.97. The Bertz CT molecular complexity index is 677. The van der Waals surface area contributed by atoms with Gasteiger partial charge < -0.3 is 24.3 Å². The topological polar surface area (TPSA) is 66.0 Å². The Balaban J connectivity index is 2.28. The fourth-order valence-corrected chi connectivity index (χ4v) is 2.03. The molecule has 0 aliphatic rings. The molecule has 2 rings (SSSR count). The lowest BCUT2D eigenvalue weighted by Crippen LogP contribution is -2.13. The maximum absolute atomic E-state index is 12.5. The number of rotatable bonds is 6. The first-order valence-electron chi connectivity index (χ1n) is 6.87. The number of ether oxygens (including phenoxy) is 4. The summed E-state index contributed by atoms with van der Waals surface area (Å²) in [6.07, 6.45) is 0. The van der Waals surface area contributed by atoms with Crippen molar-refractivity contribution in [1.29, 1.82) is 0 Å². The lowest BCUT2D eigenvalue weighted by Gasteiger charge is -2.12. The lowest BCUT2D eigenvalue weighted by atomic mass is 10.1. The van der Waals surface area contributed by atoms with Gasteiger partial charge in [-0.15, -0.1) is 0 Å². The highest BCUT2D eigenvalue weighted by Gasteiger charge is 2.13. The van der Waals surface area contributed by atoms with Gasteiger partial charge in [0.25, 0.3) is 5.91 Å². The molecule has 0 spiro atoms. The van der Waals surface area contributed by atoms with Crippen LogP contribution in [-0.4, -0.2) is 34.3 Å². The summed E-state index contributed by atoms with van der Waals surface area (Å²) in [6, 6.07) is 10.1. The number of methoxy groups -OCH3 is 4. The van der Waals surface area contributed by atoms with Crippen molar-refractivity contribution in [3.05, 3.63) is 42.0 Å². The van der Waals surface area contributed by atoms with Gasteiger partial charge in [0.15, 0.2) is 0 Å². The van der Waals surface area contributed by atoms with Gasteiger partial charge >= 0.3 is 0 Å². The minimum atomic E-state index is -0.300. The van der Waals surface area contributed by atoms with Crippen LogP contribution in [0.5, 0.6) is 23.0 Å². The molecule has 1 amide bonds. The largest absolute Gasteiger partial charge is 0.497 e. The molecule has 0 heterocycles. The third-order valence-electron chi connectivity index (χ3n) is 3.27. The summed E-state index contributed by atoms with van der Waals surface area (Å²) in [5.74, 6) is 1.92. The molecule has 0 radical (unpaired) electrons. The highest BCUT2D eigenvalue weighted by Crippen LogP contribution is 2.30. The minimum absolute atomic E-state index is 0.300. The first-order chi connectivity index (χ1) is 11.1. The van der Waals surface area contributed by atoms with Crippen molar-refractivity contribution in [2.45, 2.75) is 0 Å². The summed E-state index contributed by atoms with van der Waals surface area (Å²) in [5, 5.41) is 2.80. The van der Waals surface area contributed by atoms with Crippen molar-refractivity contribution in [1.82, 2.24) is 0 Å². The average Bonchev–Trinajstić information content (AvgIpc) is 2.61. The number of carbonyl (C=O) groups excluding carboxylic acids is 1. The first kappa shape index (κ1) is 16.5. The van der Waals surface area contributed by atoms with Gasteiger partial charge in [0, 0.05) is 17.7 Å². The minimum Gasteiger partial charge on any atom is -0.497 e. The van der Waals surface area contributed by atoms with Crippen LogP contribution in [0.2, 0.25) is 0 Å². The monoisotopic (exact) mass is 317 g/mol. The molecule has 0 saturated carbocycles. The molecule has 1 N–H and O–H groups in total. The highest BCUT2D eigenvalue weighted by molar-refractivity contribution is 6.05. The predicted molar refractivity (Wildman–Crippen MR) is 87.0 cm³/mol. The lowest BCUT2D eigenvalue weighted by molar-refractivity contribution is 0.102. The molecule has 2 aromatic carbocycles. The van der Waals surface area contributed by atoms with Crippen molar-refractivity contribution < 1.29 is 23.7 Å². The van der Waals surface area contributed by atoms with Gasteiger partial charge in [0.1, 0.15) is 23.0 Å². The van der Waals surface area contributed by atoms with Crippen molar-refractivity contribution in [3.63, 3.8) is 0 Å². The number of anilines is 1. The molecule has 0 bridgehead atoms. The number of carbonyl (C=O) groups is 1. The third kappa shape index (κ3) is 3.85. The highest BCUT2D eigenvalue weighted by atomic mass is 16.5. The molecule has 0 aromatic heterocycles. The zero-order valence-corrected chi connectivity index (χ0v) is 13.5. The SMILES string of the molecule is COc1cc(OC)cc(C(=O)Nc2ccc(OC)cc2OC)c1. The van der Waals surface area contributed by atoms with Gasteiger partial charge in [-0.05, 0) is 24.3 Å². The maximum atomic E-state index is 12.5. The number of hydrogen-bond acceptors (Lipinski definition) is 5. The molecule has 0 fully saturated rings. The van der Waals surface area contributed by atoms with Gasteiger partial charge in [-0.1, -0.05) is 0 Å². The summed E-state index contributed by atoms with van der Waals surface area (Å²) >= 11 is 0. The fraction of sp³-hybridized carbons (Fsp3) is 0.235. The van der Waals surface area contributed by atoms with E-state index in [4.69, 9.17) is 18.9 Å². The van der Waals surface area contributed by atoms with E-state index < -0.39 is 0 Å². The van der Waals surface area contributed by atoms with Gasteiger partial charge in [0.2, 0.25) is 0 Å². The second-order valence-corrected chi connectivity index (χ2v) is 4.62. The van der Waals surface area contributed by atoms with Gasteiger partial charge in [-0.3, -0.25) is 4.79 Å². The van der Waals surface area contributed by atoms with E-state index in [2.05, 4.69) is 5.32 Å². The van der Waals surface area contributed by atoms with Crippen LogP contribution < -0.4 is 24.3 Å². The van der Waals surface area contributed by atoms with E-state index in [9.17, 15) is 4.79 Å². The molecule has 0 aliphatic carbocycles. The van der Waals surface area contributed by atoms with Crippen LogP contribution in [0.4, 0.5) is 5.69 Å². The van der Waals surface area contributed by atoms with Crippen LogP contribution in [-0.2, 0) is 0 Å². The van der Waals surface area contributed by atoms with Gasteiger partial charge in [-0.2, -0.15) is 0 Å². The van der Waals surface area contributed by atoms with Crippen LogP contribution in [0.25, 0.3) is 0 Å². The second-order valence-electron chi connectivity index (χ2n) is 4.62. The summed E-state index contributed by atoms with van der Waals surface area (Å²) in [7, 11) is 6.15. The van der Waals surface area contributed by atoms with Crippen LogP contribution in [0.15, 0.2) is 36.4 Å². The Morgan fingerprint density at radius 2 is 1.39 bits per heavy atom. The molecule has 6 nitrogen and oxygen atoms in total. The fourth-order valence-electron chi connectivity index (χ4n) is 2.03. The standard InChI is InChI=1S/C17H19NO5/c1-20-12-5-6-15(16(10-12)23-4)18-17(19)11-7-13(21-2)9-14(8-11)22-3/h5-10H,1-4H3,(H,18,19). The van der Waals surface area contributed by atoms with E-state index in [1.165, 1.54) is 21.3 Å². The number of nitrogens with one attached hydrogen (secondary N) is 1. The quantitative estimate of drug-likeness (QED) is 0.887. The first-order valence-corrected chi connectivity index (χ1v) is 6.87. The molecular weight excluding hydrogens is 298 g/mol. The summed E-state index contributed by atoms with van der Waals surface area (Å²) < 4.78 is 20.7. The second kappa shape index (κ2) is 7.40. The molecule has 2 aromatic rings. The zero-order chi connectivity index (χ0) is 16.8. The van der Waals surface area contributed by atoms with Crippen LogP contribution >= 0.6 is 0 Å². The Hall–Kier alpha value is -2.89. The molecule has 0 saturated heterocycles.